The number of phenols is 2. The summed E-state index contributed by atoms with van der Waals surface area (Å²) in [5.74, 6) is -0.148. The van der Waals surface area contributed by atoms with Gasteiger partial charge in [0, 0.05) is 17.8 Å². The van der Waals surface area contributed by atoms with Crippen LogP contribution in [0.4, 0.5) is 5.69 Å². The lowest BCUT2D eigenvalue weighted by Crippen LogP contribution is -2.02. The maximum absolute atomic E-state index is 9.71. The van der Waals surface area contributed by atoms with Crippen LogP contribution in [0.25, 0.3) is 0 Å². The Balaban J connectivity index is 2.17. The third kappa shape index (κ3) is 2.40. The van der Waals surface area contributed by atoms with Crippen LogP contribution >= 0.6 is 0 Å². The van der Waals surface area contributed by atoms with Gasteiger partial charge in [-0.1, -0.05) is 24.3 Å². The zero-order valence-corrected chi connectivity index (χ0v) is 10.6. The zero-order valence-electron chi connectivity index (χ0n) is 10.6. The molecule has 3 N–H and O–H groups in total. The average Bonchev–Trinajstić information content (AvgIpc) is 2.36. The second-order valence-electron chi connectivity index (χ2n) is 4.39. The fraction of sp³-hybridized carbons (Fsp3) is 0.200. The molecule has 0 aliphatic carbocycles. The Bertz CT molecular complexity index is 513. The van der Waals surface area contributed by atoms with Crippen molar-refractivity contribution in [3.05, 3.63) is 53.1 Å². The van der Waals surface area contributed by atoms with Gasteiger partial charge in [0.1, 0.15) is 0 Å². The number of hydrogen-bond donors (Lipinski definition) is 3. The van der Waals surface area contributed by atoms with Gasteiger partial charge in [-0.05, 0) is 37.1 Å². The smallest absolute Gasteiger partial charge is 0.162 e. The van der Waals surface area contributed by atoms with Crippen LogP contribution in [0.1, 0.15) is 16.7 Å². The predicted molar refractivity (Wildman–Crippen MR) is 73.0 cm³/mol. The summed E-state index contributed by atoms with van der Waals surface area (Å²) in [6, 6.07) is 11.0. The molecule has 0 aliphatic rings. The molecule has 0 unspecified atom stereocenters. The summed E-state index contributed by atoms with van der Waals surface area (Å²) in [6.07, 6.45) is 0. The van der Waals surface area contributed by atoms with Gasteiger partial charge in [-0.15, -0.1) is 0 Å². The first-order valence-electron chi connectivity index (χ1n) is 5.89. The lowest BCUT2D eigenvalue weighted by atomic mass is 10.1. The number of aromatic hydroxyl groups is 2. The van der Waals surface area contributed by atoms with E-state index in [2.05, 4.69) is 25.2 Å². The van der Waals surface area contributed by atoms with Gasteiger partial charge in [-0.25, -0.2) is 0 Å². The molecule has 0 saturated heterocycles. The molecule has 0 bridgehead atoms. The number of phenolic OH excluding ortho intramolecular Hbond substituents is 2. The fourth-order valence-electron chi connectivity index (χ4n) is 1.85. The van der Waals surface area contributed by atoms with Crippen molar-refractivity contribution in [2.24, 2.45) is 0 Å². The lowest BCUT2D eigenvalue weighted by Gasteiger charge is -2.12. The minimum Gasteiger partial charge on any atom is -0.504 e. The molecule has 3 heteroatoms. The molecule has 0 saturated carbocycles. The highest BCUT2D eigenvalue weighted by molar-refractivity contribution is 5.55. The first kappa shape index (κ1) is 12.3. The molecule has 0 radical (unpaired) electrons. The van der Waals surface area contributed by atoms with Gasteiger partial charge in [0.05, 0.1) is 0 Å². The minimum absolute atomic E-state index is 0.0599. The Labute approximate surface area is 107 Å². The summed E-state index contributed by atoms with van der Waals surface area (Å²) in [6.45, 7) is 4.59. The normalized spacial score (nSPS) is 10.3. The summed E-state index contributed by atoms with van der Waals surface area (Å²) >= 11 is 0. The molecule has 2 aromatic rings. The monoisotopic (exact) mass is 243 g/mol. The lowest BCUT2D eigenvalue weighted by molar-refractivity contribution is 0.400. The Kier molecular flexibility index (Phi) is 3.42. The highest BCUT2D eigenvalue weighted by Gasteiger charge is 2.06. The molecule has 0 atom stereocenters. The van der Waals surface area contributed by atoms with Gasteiger partial charge >= 0.3 is 0 Å². The van der Waals surface area contributed by atoms with Crippen LogP contribution in [0.15, 0.2) is 36.4 Å². The van der Waals surface area contributed by atoms with E-state index in [9.17, 15) is 10.2 Å². The third-order valence-electron chi connectivity index (χ3n) is 3.17. The Hall–Kier alpha value is -2.16. The third-order valence-corrected chi connectivity index (χ3v) is 3.17. The molecule has 0 fully saturated rings. The zero-order chi connectivity index (χ0) is 13.1. The Morgan fingerprint density at radius 2 is 1.72 bits per heavy atom. The largest absolute Gasteiger partial charge is 0.504 e. The standard InChI is InChI=1S/C15H17NO2/c1-10-5-3-7-13(11(10)2)16-9-12-6-4-8-14(17)15(12)18/h3-8,16-18H,9H2,1-2H3. The molecule has 0 amide bonds. The second-order valence-corrected chi connectivity index (χ2v) is 4.39. The number of benzene rings is 2. The first-order valence-corrected chi connectivity index (χ1v) is 5.89. The van der Waals surface area contributed by atoms with E-state index in [0.29, 0.717) is 12.1 Å². The Morgan fingerprint density at radius 3 is 2.50 bits per heavy atom. The van der Waals surface area contributed by atoms with E-state index in [1.54, 1.807) is 12.1 Å². The van der Waals surface area contributed by atoms with E-state index >= 15 is 0 Å². The summed E-state index contributed by atoms with van der Waals surface area (Å²) in [5, 5.41) is 22.4. The maximum atomic E-state index is 9.71. The topological polar surface area (TPSA) is 52.5 Å². The van der Waals surface area contributed by atoms with Crippen LogP contribution in [0.5, 0.6) is 11.5 Å². The van der Waals surface area contributed by atoms with E-state index in [-0.39, 0.29) is 11.5 Å². The van der Waals surface area contributed by atoms with Crippen LogP contribution < -0.4 is 5.32 Å². The first-order chi connectivity index (χ1) is 8.59. The molecule has 2 rings (SSSR count). The van der Waals surface area contributed by atoms with Gasteiger partial charge in [0.15, 0.2) is 11.5 Å². The Morgan fingerprint density at radius 1 is 1.00 bits per heavy atom. The van der Waals surface area contributed by atoms with Gasteiger partial charge in [0.25, 0.3) is 0 Å². The van der Waals surface area contributed by atoms with Crippen molar-refractivity contribution in [1.82, 2.24) is 0 Å². The average molecular weight is 243 g/mol. The molecule has 0 heterocycles. The van der Waals surface area contributed by atoms with Crippen molar-refractivity contribution < 1.29 is 10.2 Å². The van der Waals surface area contributed by atoms with Crippen molar-refractivity contribution >= 4 is 5.69 Å². The summed E-state index contributed by atoms with van der Waals surface area (Å²) in [4.78, 5) is 0. The van der Waals surface area contributed by atoms with Crippen molar-refractivity contribution in [3.8, 4) is 11.5 Å². The fourth-order valence-corrected chi connectivity index (χ4v) is 1.85. The number of nitrogens with one attached hydrogen (secondary N) is 1. The second kappa shape index (κ2) is 5.00. The van der Waals surface area contributed by atoms with Crippen molar-refractivity contribution in [2.45, 2.75) is 20.4 Å². The minimum atomic E-state index is -0.0877. The van der Waals surface area contributed by atoms with Crippen molar-refractivity contribution in [2.75, 3.05) is 5.32 Å². The van der Waals surface area contributed by atoms with E-state index < -0.39 is 0 Å². The van der Waals surface area contributed by atoms with Crippen LogP contribution in [0.3, 0.4) is 0 Å². The molecule has 2 aromatic carbocycles. The molecule has 0 aromatic heterocycles. The van der Waals surface area contributed by atoms with Crippen molar-refractivity contribution in [1.29, 1.82) is 0 Å². The summed E-state index contributed by atoms with van der Waals surface area (Å²) in [5.41, 5.74) is 4.13. The summed E-state index contributed by atoms with van der Waals surface area (Å²) in [7, 11) is 0. The van der Waals surface area contributed by atoms with Crippen molar-refractivity contribution in [3.63, 3.8) is 0 Å². The molecular formula is C15H17NO2. The van der Waals surface area contributed by atoms with E-state index in [1.807, 2.05) is 12.1 Å². The van der Waals surface area contributed by atoms with Gasteiger partial charge in [-0.3, -0.25) is 0 Å². The summed E-state index contributed by atoms with van der Waals surface area (Å²) < 4.78 is 0. The SMILES string of the molecule is Cc1cccc(NCc2cccc(O)c2O)c1C. The number of hydrogen-bond acceptors (Lipinski definition) is 3. The van der Waals surface area contributed by atoms with Crippen LogP contribution in [0, 0.1) is 13.8 Å². The quantitative estimate of drug-likeness (QED) is 0.725. The van der Waals surface area contributed by atoms with Gasteiger partial charge in [0.2, 0.25) is 0 Å². The van der Waals surface area contributed by atoms with Gasteiger partial charge in [-0.2, -0.15) is 0 Å². The number of anilines is 1. The van der Waals surface area contributed by atoms with Crippen LogP contribution in [0.2, 0.25) is 0 Å². The highest BCUT2D eigenvalue weighted by atomic mass is 16.3. The van der Waals surface area contributed by atoms with Crippen LogP contribution in [-0.4, -0.2) is 10.2 Å². The van der Waals surface area contributed by atoms with Crippen LogP contribution in [-0.2, 0) is 6.54 Å². The highest BCUT2D eigenvalue weighted by Crippen LogP contribution is 2.29. The molecule has 94 valence electrons. The number of para-hydroxylation sites is 1. The maximum Gasteiger partial charge on any atom is 0.162 e. The number of aryl methyl sites for hydroxylation is 1. The predicted octanol–water partition coefficient (Wildman–Crippen LogP) is 3.33. The molecule has 0 aliphatic heterocycles. The molecule has 3 nitrogen and oxygen atoms in total. The molecular weight excluding hydrogens is 226 g/mol. The van der Waals surface area contributed by atoms with E-state index in [4.69, 9.17) is 0 Å². The molecule has 18 heavy (non-hydrogen) atoms. The van der Waals surface area contributed by atoms with Gasteiger partial charge < -0.3 is 15.5 Å². The van der Waals surface area contributed by atoms with E-state index in [0.717, 1.165) is 5.69 Å². The number of rotatable bonds is 3. The van der Waals surface area contributed by atoms with E-state index in [1.165, 1.54) is 17.2 Å². The molecule has 0 spiro atoms.